The van der Waals surface area contributed by atoms with Gasteiger partial charge in [-0.3, -0.25) is 9.89 Å². The first kappa shape index (κ1) is 11.1. The average molecular weight is 223 g/mol. The lowest BCUT2D eigenvalue weighted by Crippen LogP contribution is -2.42. The minimum atomic E-state index is -0.0553. The fraction of sp³-hybridized carbons (Fsp3) is 0.700. The van der Waals surface area contributed by atoms with Gasteiger partial charge in [0.2, 0.25) is 5.82 Å². The van der Waals surface area contributed by atoms with Crippen molar-refractivity contribution in [1.82, 2.24) is 25.0 Å². The molecule has 1 aromatic heterocycles. The molecule has 2 rings (SSSR count). The largest absolute Gasteiger partial charge is 0.332 e. The van der Waals surface area contributed by atoms with Gasteiger partial charge in [0.25, 0.3) is 5.91 Å². The summed E-state index contributed by atoms with van der Waals surface area (Å²) in [6.45, 7) is 4.78. The Labute approximate surface area is 94.6 Å². The SMILES string of the molecule is CC1CN(C)CCCN1C(=O)c1ncn[nH]1. The molecule has 6 nitrogen and oxygen atoms in total. The lowest BCUT2D eigenvalue weighted by Gasteiger charge is -2.26. The number of likely N-dealkylation sites (N-methyl/N-ethyl adjacent to an activating group) is 1. The van der Waals surface area contributed by atoms with Gasteiger partial charge >= 0.3 is 0 Å². The van der Waals surface area contributed by atoms with E-state index in [2.05, 4.69) is 34.1 Å². The van der Waals surface area contributed by atoms with Crippen molar-refractivity contribution in [3.8, 4) is 0 Å². The Balaban J connectivity index is 2.10. The standard InChI is InChI=1S/C10H17N5O/c1-8-6-14(2)4-3-5-15(8)10(16)9-11-7-12-13-9/h7-8H,3-6H2,1-2H3,(H,11,12,13). The lowest BCUT2D eigenvalue weighted by atomic mass is 10.2. The minimum absolute atomic E-state index is 0.0553. The number of rotatable bonds is 1. The number of hydrogen-bond acceptors (Lipinski definition) is 4. The van der Waals surface area contributed by atoms with Gasteiger partial charge in [0.1, 0.15) is 6.33 Å². The second kappa shape index (κ2) is 4.61. The van der Waals surface area contributed by atoms with Crippen LogP contribution in [0.4, 0.5) is 0 Å². The Bertz CT molecular complexity index is 350. The van der Waals surface area contributed by atoms with E-state index in [0.29, 0.717) is 5.82 Å². The molecule has 88 valence electrons. The van der Waals surface area contributed by atoms with Crippen LogP contribution in [0.1, 0.15) is 24.0 Å². The highest BCUT2D eigenvalue weighted by Crippen LogP contribution is 2.10. The van der Waals surface area contributed by atoms with Crippen LogP contribution in [0, 0.1) is 0 Å². The van der Waals surface area contributed by atoms with Crippen LogP contribution in [0.2, 0.25) is 0 Å². The van der Waals surface area contributed by atoms with Gasteiger partial charge in [-0.2, -0.15) is 5.10 Å². The molecule has 1 N–H and O–H groups in total. The third-order valence-electron chi connectivity index (χ3n) is 2.93. The monoisotopic (exact) mass is 223 g/mol. The molecule has 0 aliphatic carbocycles. The Kier molecular flexibility index (Phi) is 3.19. The molecule has 1 fully saturated rings. The van der Waals surface area contributed by atoms with E-state index in [1.165, 1.54) is 6.33 Å². The van der Waals surface area contributed by atoms with Gasteiger partial charge in [0, 0.05) is 19.1 Å². The van der Waals surface area contributed by atoms with Crippen molar-refractivity contribution in [2.75, 3.05) is 26.7 Å². The number of carbonyl (C=O) groups is 1. The average Bonchev–Trinajstić information content (AvgIpc) is 2.71. The number of hydrogen-bond donors (Lipinski definition) is 1. The van der Waals surface area contributed by atoms with Crippen LogP contribution in [0.5, 0.6) is 0 Å². The summed E-state index contributed by atoms with van der Waals surface area (Å²) in [5.74, 6) is 0.275. The predicted molar refractivity (Wildman–Crippen MR) is 59.0 cm³/mol. The Hall–Kier alpha value is -1.43. The van der Waals surface area contributed by atoms with Crippen molar-refractivity contribution in [3.63, 3.8) is 0 Å². The van der Waals surface area contributed by atoms with E-state index in [1.807, 2.05) is 4.90 Å². The topological polar surface area (TPSA) is 65.1 Å². The number of H-pyrrole nitrogens is 1. The summed E-state index contributed by atoms with van der Waals surface area (Å²) in [5.41, 5.74) is 0. The van der Waals surface area contributed by atoms with Crippen molar-refractivity contribution in [2.45, 2.75) is 19.4 Å². The molecule has 1 aliphatic heterocycles. The number of nitrogens with one attached hydrogen (secondary N) is 1. The molecule has 1 unspecified atom stereocenters. The first-order chi connectivity index (χ1) is 7.68. The van der Waals surface area contributed by atoms with Gasteiger partial charge < -0.3 is 9.80 Å². The second-order valence-electron chi connectivity index (χ2n) is 4.30. The maximum absolute atomic E-state index is 12.1. The Morgan fingerprint density at radius 1 is 1.56 bits per heavy atom. The van der Waals surface area contributed by atoms with Gasteiger partial charge in [-0.05, 0) is 26.9 Å². The Morgan fingerprint density at radius 3 is 3.06 bits per heavy atom. The van der Waals surface area contributed by atoms with Crippen LogP contribution in [-0.2, 0) is 0 Å². The molecule has 0 saturated carbocycles. The Morgan fingerprint density at radius 2 is 2.38 bits per heavy atom. The summed E-state index contributed by atoms with van der Waals surface area (Å²) < 4.78 is 0. The predicted octanol–water partition coefficient (Wildman–Crippen LogP) is -0.0291. The normalized spacial score (nSPS) is 23.1. The molecule has 0 spiro atoms. The zero-order chi connectivity index (χ0) is 11.5. The van der Waals surface area contributed by atoms with E-state index in [4.69, 9.17) is 0 Å². The van der Waals surface area contributed by atoms with Gasteiger partial charge in [-0.15, -0.1) is 0 Å². The molecule has 0 aromatic carbocycles. The summed E-state index contributed by atoms with van der Waals surface area (Å²) >= 11 is 0. The lowest BCUT2D eigenvalue weighted by molar-refractivity contribution is 0.0684. The third-order valence-corrected chi connectivity index (χ3v) is 2.93. The summed E-state index contributed by atoms with van der Waals surface area (Å²) in [7, 11) is 2.08. The zero-order valence-corrected chi connectivity index (χ0v) is 9.68. The summed E-state index contributed by atoms with van der Waals surface area (Å²) in [6, 6.07) is 0.213. The molecular formula is C10H17N5O. The van der Waals surface area contributed by atoms with Gasteiger partial charge in [0.05, 0.1) is 0 Å². The summed E-state index contributed by atoms with van der Waals surface area (Å²) in [6.07, 6.45) is 2.36. The van der Waals surface area contributed by atoms with Crippen LogP contribution in [0.15, 0.2) is 6.33 Å². The second-order valence-corrected chi connectivity index (χ2v) is 4.30. The van der Waals surface area contributed by atoms with E-state index >= 15 is 0 Å². The number of carbonyl (C=O) groups excluding carboxylic acids is 1. The molecule has 6 heteroatoms. The number of nitrogens with zero attached hydrogens (tertiary/aromatic N) is 4. The maximum Gasteiger partial charge on any atom is 0.291 e. The highest BCUT2D eigenvalue weighted by molar-refractivity contribution is 5.90. The quantitative estimate of drug-likeness (QED) is 0.726. The molecule has 1 amide bonds. The molecule has 2 heterocycles. The maximum atomic E-state index is 12.1. The highest BCUT2D eigenvalue weighted by Gasteiger charge is 2.26. The van der Waals surface area contributed by atoms with Crippen LogP contribution in [0.25, 0.3) is 0 Å². The molecular weight excluding hydrogens is 206 g/mol. The van der Waals surface area contributed by atoms with Crippen molar-refractivity contribution >= 4 is 5.91 Å². The zero-order valence-electron chi connectivity index (χ0n) is 9.68. The highest BCUT2D eigenvalue weighted by atomic mass is 16.2. The molecule has 16 heavy (non-hydrogen) atoms. The number of aromatic nitrogens is 3. The van der Waals surface area contributed by atoms with Crippen molar-refractivity contribution in [1.29, 1.82) is 0 Å². The van der Waals surface area contributed by atoms with Crippen LogP contribution in [-0.4, -0.2) is 63.6 Å². The fourth-order valence-electron chi connectivity index (χ4n) is 2.12. The molecule has 0 bridgehead atoms. The number of amides is 1. The first-order valence-electron chi connectivity index (χ1n) is 5.53. The van der Waals surface area contributed by atoms with E-state index in [9.17, 15) is 4.79 Å². The molecule has 1 aliphatic rings. The fourth-order valence-corrected chi connectivity index (χ4v) is 2.12. The van der Waals surface area contributed by atoms with Crippen molar-refractivity contribution in [3.05, 3.63) is 12.2 Å². The third kappa shape index (κ3) is 2.21. The number of aromatic amines is 1. The van der Waals surface area contributed by atoms with Crippen LogP contribution in [0.3, 0.4) is 0 Å². The van der Waals surface area contributed by atoms with Crippen molar-refractivity contribution < 1.29 is 4.79 Å². The van der Waals surface area contributed by atoms with Crippen molar-refractivity contribution in [2.24, 2.45) is 0 Å². The molecule has 1 saturated heterocycles. The minimum Gasteiger partial charge on any atom is -0.332 e. The molecule has 0 radical (unpaired) electrons. The van der Waals surface area contributed by atoms with Crippen LogP contribution < -0.4 is 0 Å². The summed E-state index contributed by atoms with van der Waals surface area (Å²) in [4.78, 5) is 20.1. The molecule has 1 aromatic rings. The summed E-state index contributed by atoms with van der Waals surface area (Å²) in [5, 5.41) is 6.33. The first-order valence-corrected chi connectivity index (χ1v) is 5.53. The van der Waals surface area contributed by atoms with E-state index < -0.39 is 0 Å². The van der Waals surface area contributed by atoms with Gasteiger partial charge in [-0.25, -0.2) is 4.98 Å². The van der Waals surface area contributed by atoms with Gasteiger partial charge in [0.15, 0.2) is 0 Å². The van der Waals surface area contributed by atoms with Gasteiger partial charge in [-0.1, -0.05) is 0 Å². The smallest absolute Gasteiger partial charge is 0.291 e. The van der Waals surface area contributed by atoms with E-state index in [0.717, 1.165) is 26.1 Å². The van der Waals surface area contributed by atoms with E-state index in [-0.39, 0.29) is 11.9 Å². The van der Waals surface area contributed by atoms with Crippen LogP contribution >= 0.6 is 0 Å². The van der Waals surface area contributed by atoms with E-state index in [1.54, 1.807) is 0 Å². The molecule has 1 atom stereocenters.